The fraction of sp³-hybridized carbons (Fsp3) is 0.462. The number of rotatable bonds is 1. The standard InChI is InChI=1S/C13H18N2S/c1-12(2,3)13(4)15-14-11(16-13)10-8-6-5-7-9-10/h5-9,15H,1-4H3/t13-/m1/s1. The number of nitrogens with zero attached hydrogens (tertiary/aromatic N) is 1. The Kier molecular flexibility index (Phi) is 2.74. The molecule has 2 nitrogen and oxygen atoms in total. The summed E-state index contributed by atoms with van der Waals surface area (Å²) in [6.07, 6.45) is 0. The molecule has 0 unspecified atom stereocenters. The summed E-state index contributed by atoms with van der Waals surface area (Å²) in [5.41, 5.74) is 4.62. The molecule has 0 aromatic heterocycles. The lowest BCUT2D eigenvalue weighted by Crippen LogP contribution is -2.44. The topological polar surface area (TPSA) is 24.4 Å². The van der Waals surface area contributed by atoms with Gasteiger partial charge in [0, 0.05) is 5.56 Å². The molecule has 86 valence electrons. The van der Waals surface area contributed by atoms with Gasteiger partial charge in [0.05, 0.1) is 0 Å². The third-order valence-corrected chi connectivity index (χ3v) is 4.76. The quantitative estimate of drug-likeness (QED) is 0.805. The molecule has 1 N–H and O–H groups in total. The molecule has 0 amide bonds. The molecule has 0 fully saturated rings. The van der Waals surface area contributed by atoms with Gasteiger partial charge in [0.15, 0.2) is 0 Å². The van der Waals surface area contributed by atoms with E-state index in [2.05, 4.69) is 50.4 Å². The van der Waals surface area contributed by atoms with Crippen molar-refractivity contribution in [3.05, 3.63) is 35.9 Å². The summed E-state index contributed by atoms with van der Waals surface area (Å²) >= 11 is 1.81. The first kappa shape index (κ1) is 11.5. The normalized spacial score (nSPS) is 25.1. The van der Waals surface area contributed by atoms with Crippen molar-refractivity contribution in [3.63, 3.8) is 0 Å². The predicted octanol–water partition coefficient (Wildman–Crippen LogP) is 3.45. The highest BCUT2D eigenvalue weighted by atomic mass is 32.2. The maximum Gasteiger partial charge on any atom is 0.126 e. The number of thioether (sulfide) groups is 1. The first-order valence-electron chi connectivity index (χ1n) is 5.52. The summed E-state index contributed by atoms with van der Waals surface area (Å²) in [5, 5.41) is 5.54. The largest absolute Gasteiger partial charge is 0.292 e. The zero-order valence-corrected chi connectivity index (χ0v) is 11.1. The van der Waals surface area contributed by atoms with E-state index in [9.17, 15) is 0 Å². The summed E-state index contributed by atoms with van der Waals surface area (Å²) < 4.78 is 0. The first-order chi connectivity index (χ1) is 7.42. The van der Waals surface area contributed by atoms with Crippen molar-refractivity contribution < 1.29 is 0 Å². The average molecular weight is 234 g/mol. The van der Waals surface area contributed by atoms with Crippen LogP contribution in [0.1, 0.15) is 33.3 Å². The van der Waals surface area contributed by atoms with Crippen molar-refractivity contribution in [2.45, 2.75) is 32.6 Å². The van der Waals surface area contributed by atoms with Crippen LogP contribution in [-0.2, 0) is 0 Å². The molecule has 0 saturated carbocycles. The van der Waals surface area contributed by atoms with E-state index < -0.39 is 0 Å². The van der Waals surface area contributed by atoms with E-state index in [1.165, 1.54) is 5.56 Å². The van der Waals surface area contributed by atoms with Crippen LogP contribution in [0.5, 0.6) is 0 Å². The monoisotopic (exact) mass is 234 g/mol. The van der Waals surface area contributed by atoms with Crippen LogP contribution in [0.3, 0.4) is 0 Å². The molecule has 3 heteroatoms. The Morgan fingerprint density at radius 3 is 2.31 bits per heavy atom. The Morgan fingerprint density at radius 2 is 1.81 bits per heavy atom. The Bertz CT molecular complexity index is 406. The van der Waals surface area contributed by atoms with Gasteiger partial charge in [-0.2, -0.15) is 5.10 Å². The summed E-state index contributed by atoms with van der Waals surface area (Å²) in [6.45, 7) is 8.90. The first-order valence-corrected chi connectivity index (χ1v) is 6.33. The van der Waals surface area contributed by atoms with Crippen LogP contribution >= 0.6 is 11.8 Å². The second kappa shape index (κ2) is 3.81. The maximum atomic E-state index is 4.46. The van der Waals surface area contributed by atoms with Crippen molar-refractivity contribution in [2.75, 3.05) is 0 Å². The van der Waals surface area contributed by atoms with Gasteiger partial charge in [-0.15, -0.1) is 0 Å². The summed E-state index contributed by atoms with van der Waals surface area (Å²) in [7, 11) is 0. The molecule has 1 aliphatic heterocycles. The van der Waals surface area contributed by atoms with Crippen LogP contribution in [0.2, 0.25) is 0 Å². The summed E-state index contributed by atoms with van der Waals surface area (Å²) in [5.74, 6) is 0. The van der Waals surface area contributed by atoms with Gasteiger partial charge >= 0.3 is 0 Å². The minimum Gasteiger partial charge on any atom is -0.292 e. The second-order valence-corrected chi connectivity index (χ2v) is 6.69. The number of nitrogens with one attached hydrogen (secondary N) is 1. The lowest BCUT2D eigenvalue weighted by atomic mass is 9.88. The van der Waals surface area contributed by atoms with Crippen molar-refractivity contribution in [1.29, 1.82) is 0 Å². The van der Waals surface area contributed by atoms with Crippen molar-refractivity contribution >= 4 is 16.8 Å². The van der Waals surface area contributed by atoms with Gasteiger partial charge in [0.1, 0.15) is 9.91 Å². The Balaban J connectivity index is 2.20. The molecule has 0 spiro atoms. The number of benzene rings is 1. The molecule has 0 saturated heterocycles. The third-order valence-electron chi connectivity index (χ3n) is 3.12. The predicted molar refractivity (Wildman–Crippen MR) is 71.6 cm³/mol. The van der Waals surface area contributed by atoms with Gasteiger partial charge < -0.3 is 0 Å². The van der Waals surface area contributed by atoms with Gasteiger partial charge in [-0.3, -0.25) is 5.43 Å². The molecule has 16 heavy (non-hydrogen) atoms. The molecular formula is C13H18N2S. The molecule has 0 radical (unpaired) electrons. The van der Waals surface area contributed by atoms with Crippen molar-refractivity contribution in [1.82, 2.24) is 5.43 Å². The van der Waals surface area contributed by atoms with Gasteiger partial charge in [-0.1, -0.05) is 62.9 Å². The van der Waals surface area contributed by atoms with Crippen molar-refractivity contribution in [3.8, 4) is 0 Å². The zero-order chi connectivity index (χ0) is 11.8. The fourth-order valence-corrected chi connectivity index (χ4v) is 2.55. The number of hydrazone groups is 1. The molecule has 1 aromatic carbocycles. The molecule has 1 atom stereocenters. The van der Waals surface area contributed by atoms with E-state index in [0.29, 0.717) is 0 Å². The summed E-state index contributed by atoms with van der Waals surface area (Å²) in [6, 6.07) is 10.3. The van der Waals surface area contributed by atoms with E-state index in [1.807, 2.05) is 30.0 Å². The van der Waals surface area contributed by atoms with Crippen molar-refractivity contribution in [2.24, 2.45) is 10.5 Å². The lowest BCUT2D eigenvalue weighted by Gasteiger charge is -2.36. The third kappa shape index (κ3) is 1.96. The molecule has 1 heterocycles. The van der Waals surface area contributed by atoms with Crippen LogP contribution < -0.4 is 5.43 Å². The highest BCUT2D eigenvalue weighted by Crippen LogP contribution is 2.44. The fourth-order valence-electron chi connectivity index (χ4n) is 1.42. The van der Waals surface area contributed by atoms with E-state index >= 15 is 0 Å². The molecular weight excluding hydrogens is 216 g/mol. The highest BCUT2D eigenvalue weighted by Gasteiger charge is 2.42. The lowest BCUT2D eigenvalue weighted by molar-refractivity contribution is 0.262. The second-order valence-electron chi connectivity index (χ2n) is 5.28. The average Bonchev–Trinajstić information content (AvgIpc) is 2.63. The molecule has 2 rings (SSSR count). The van der Waals surface area contributed by atoms with E-state index in [4.69, 9.17) is 0 Å². The number of hydrogen-bond acceptors (Lipinski definition) is 3. The smallest absolute Gasteiger partial charge is 0.126 e. The number of hydrogen-bond donors (Lipinski definition) is 1. The molecule has 1 aromatic rings. The van der Waals surface area contributed by atoms with E-state index in [1.54, 1.807) is 0 Å². The Morgan fingerprint density at radius 1 is 1.19 bits per heavy atom. The minimum absolute atomic E-state index is 0.0296. The maximum absolute atomic E-state index is 4.46. The van der Waals surface area contributed by atoms with Gasteiger partial charge in [0.2, 0.25) is 0 Å². The Labute approximate surface area is 102 Å². The zero-order valence-electron chi connectivity index (χ0n) is 10.2. The van der Waals surface area contributed by atoms with Crippen LogP contribution in [0.15, 0.2) is 35.4 Å². The van der Waals surface area contributed by atoms with E-state index in [-0.39, 0.29) is 10.3 Å². The minimum atomic E-state index is -0.0296. The van der Waals surface area contributed by atoms with Crippen LogP contribution in [0.4, 0.5) is 0 Å². The van der Waals surface area contributed by atoms with Gasteiger partial charge in [-0.25, -0.2) is 0 Å². The summed E-state index contributed by atoms with van der Waals surface area (Å²) in [4.78, 5) is -0.0296. The SMILES string of the molecule is CC(C)(C)[C@]1(C)NN=C(c2ccccc2)S1. The van der Waals surface area contributed by atoms with Crippen LogP contribution in [0, 0.1) is 5.41 Å². The molecule has 0 bridgehead atoms. The van der Waals surface area contributed by atoms with Crippen LogP contribution in [0.25, 0.3) is 0 Å². The van der Waals surface area contributed by atoms with E-state index in [0.717, 1.165) is 5.04 Å². The van der Waals surface area contributed by atoms with Gasteiger partial charge in [0.25, 0.3) is 0 Å². The molecule has 1 aliphatic rings. The van der Waals surface area contributed by atoms with Gasteiger partial charge in [-0.05, 0) is 12.3 Å². The molecule has 0 aliphatic carbocycles. The Hall–Kier alpha value is -0.960. The highest BCUT2D eigenvalue weighted by molar-refractivity contribution is 8.15. The van der Waals surface area contributed by atoms with Crippen LogP contribution in [-0.4, -0.2) is 9.91 Å².